The Labute approximate surface area is 91.8 Å². The number of nitrogens with one attached hydrogen (secondary N) is 1. The van der Waals surface area contributed by atoms with E-state index in [1.54, 1.807) is 13.8 Å². The second-order valence-electron chi connectivity index (χ2n) is 3.94. The minimum atomic E-state index is -3.11. The van der Waals surface area contributed by atoms with Crippen molar-refractivity contribution in [2.24, 2.45) is 0 Å². The normalized spacial score (nSPS) is 19.7. The maximum absolute atomic E-state index is 11.4. The van der Waals surface area contributed by atoms with Gasteiger partial charge in [-0.15, -0.1) is 0 Å². The average molecular weight is 236 g/mol. The highest BCUT2D eigenvalue weighted by atomic mass is 32.2. The van der Waals surface area contributed by atoms with Gasteiger partial charge in [-0.1, -0.05) is 0 Å². The van der Waals surface area contributed by atoms with Crippen LogP contribution in [0.1, 0.15) is 13.8 Å². The van der Waals surface area contributed by atoms with Gasteiger partial charge in [0, 0.05) is 26.2 Å². The van der Waals surface area contributed by atoms with Crippen LogP contribution in [-0.2, 0) is 14.8 Å². The first-order valence-corrected chi connectivity index (χ1v) is 6.85. The second kappa shape index (κ2) is 5.79. The van der Waals surface area contributed by atoms with Crippen LogP contribution in [0.15, 0.2) is 0 Å². The Morgan fingerprint density at radius 1 is 1.33 bits per heavy atom. The number of hydrogen-bond donors (Lipinski definition) is 1. The Kier molecular flexibility index (Phi) is 4.98. The molecule has 1 aliphatic rings. The van der Waals surface area contributed by atoms with Gasteiger partial charge in [-0.3, -0.25) is 4.90 Å². The number of sulfonamides is 1. The smallest absolute Gasteiger partial charge is 0.213 e. The summed E-state index contributed by atoms with van der Waals surface area (Å²) in [5, 5.41) is -0.359. The first kappa shape index (κ1) is 12.9. The van der Waals surface area contributed by atoms with Crippen LogP contribution in [0, 0.1) is 0 Å². The Bertz CT molecular complexity index is 271. The molecule has 1 saturated heterocycles. The SMILES string of the molecule is CC(C)S(=O)(=O)NCCN1CCOCC1. The van der Waals surface area contributed by atoms with Crippen LogP contribution in [-0.4, -0.2) is 58.0 Å². The zero-order chi connectivity index (χ0) is 11.3. The molecule has 6 heteroatoms. The predicted octanol–water partition coefficient (Wildman–Crippen LogP) is -0.354. The Morgan fingerprint density at radius 2 is 1.93 bits per heavy atom. The Balaban J connectivity index is 2.20. The van der Waals surface area contributed by atoms with Crippen molar-refractivity contribution in [3.8, 4) is 0 Å². The fraction of sp³-hybridized carbons (Fsp3) is 1.00. The third-order valence-corrected chi connectivity index (χ3v) is 4.30. The fourth-order valence-corrected chi connectivity index (χ4v) is 2.05. The van der Waals surface area contributed by atoms with Crippen molar-refractivity contribution in [1.82, 2.24) is 9.62 Å². The van der Waals surface area contributed by atoms with Crippen molar-refractivity contribution in [2.75, 3.05) is 39.4 Å². The van der Waals surface area contributed by atoms with Gasteiger partial charge in [0.1, 0.15) is 0 Å². The van der Waals surface area contributed by atoms with Crippen LogP contribution in [0.2, 0.25) is 0 Å². The van der Waals surface area contributed by atoms with Crippen LogP contribution in [0.25, 0.3) is 0 Å². The second-order valence-corrected chi connectivity index (χ2v) is 6.26. The van der Waals surface area contributed by atoms with Crippen molar-refractivity contribution < 1.29 is 13.2 Å². The lowest BCUT2D eigenvalue weighted by atomic mass is 10.4. The molecular weight excluding hydrogens is 216 g/mol. The molecular formula is C9H20N2O3S. The lowest BCUT2D eigenvalue weighted by Crippen LogP contribution is -2.42. The summed E-state index contributed by atoms with van der Waals surface area (Å²) in [5.74, 6) is 0. The van der Waals surface area contributed by atoms with Crippen LogP contribution in [0.4, 0.5) is 0 Å². The zero-order valence-corrected chi connectivity index (χ0v) is 10.2. The fourth-order valence-electron chi connectivity index (χ4n) is 1.34. The maximum Gasteiger partial charge on any atom is 0.213 e. The topological polar surface area (TPSA) is 58.6 Å². The average Bonchev–Trinajstić information content (AvgIpc) is 2.19. The summed E-state index contributed by atoms with van der Waals surface area (Å²) in [6.07, 6.45) is 0. The molecule has 1 N–H and O–H groups in total. The maximum atomic E-state index is 11.4. The highest BCUT2D eigenvalue weighted by Crippen LogP contribution is 1.97. The molecule has 1 rings (SSSR count). The van der Waals surface area contributed by atoms with Crippen LogP contribution in [0.5, 0.6) is 0 Å². The van der Waals surface area contributed by atoms with Gasteiger partial charge in [-0.2, -0.15) is 0 Å². The first-order valence-electron chi connectivity index (χ1n) is 5.31. The van der Waals surface area contributed by atoms with E-state index in [1.165, 1.54) is 0 Å². The van der Waals surface area contributed by atoms with Crippen molar-refractivity contribution in [1.29, 1.82) is 0 Å². The Hall–Kier alpha value is -0.170. The number of morpholine rings is 1. The van der Waals surface area contributed by atoms with E-state index in [0.717, 1.165) is 32.8 Å². The largest absolute Gasteiger partial charge is 0.379 e. The third kappa shape index (κ3) is 4.46. The van der Waals surface area contributed by atoms with Crippen LogP contribution >= 0.6 is 0 Å². The summed E-state index contributed by atoms with van der Waals surface area (Å²) in [4.78, 5) is 2.20. The molecule has 5 nitrogen and oxygen atoms in total. The first-order chi connectivity index (χ1) is 7.02. The summed E-state index contributed by atoms with van der Waals surface area (Å²) >= 11 is 0. The molecule has 0 aliphatic carbocycles. The molecule has 0 unspecified atom stereocenters. The molecule has 0 aromatic rings. The molecule has 0 atom stereocenters. The molecule has 15 heavy (non-hydrogen) atoms. The minimum absolute atomic E-state index is 0.359. The van der Waals surface area contributed by atoms with Gasteiger partial charge in [0.25, 0.3) is 0 Å². The van der Waals surface area contributed by atoms with Crippen molar-refractivity contribution >= 4 is 10.0 Å². The molecule has 0 bridgehead atoms. The molecule has 0 aromatic heterocycles. The van der Waals surface area contributed by atoms with Gasteiger partial charge < -0.3 is 4.74 Å². The van der Waals surface area contributed by atoms with Gasteiger partial charge in [0.2, 0.25) is 10.0 Å². The van der Waals surface area contributed by atoms with Crippen LogP contribution in [0.3, 0.4) is 0 Å². The number of rotatable bonds is 5. The molecule has 0 spiro atoms. The van der Waals surface area contributed by atoms with Gasteiger partial charge in [-0.05, 0) is 13.8 Å². The highest BCUT2D eigenvalue weighted by molar-refractivity contribution is 7.90. The summed E-state index contributed by atoms with van der Waals surface area (Å²) in [7, 11) is -3.11. The van der Waals surface area contributed by atoms with E-state index in [9.17, 15) is 8.42 Å². The van der Waals surface area contributed by atoms with Gasteiger partial charge >= 0.3 is 0 Å². The van der Waals surface area contributed by atoms with E-state index in [2.05, 4.69) is 9.62 Å². The third-order valence-electron chi connectivity index (χ3n) is 2.46. The van der Waals surface area contributed by atoms with E-state index in [-0.39, 0.29) is 5.25 Å². The summed E-state index contributed by atoms with van der Waals surface area (Å²) in [6, 6.07) is 0. The number of ether oxygens (including phenoxy) is 1. The molecule has 1 heterocycles. The summed E-state index contributed by atoms with van der Waals surface area (Å²) in [6.45, 7) is 7.88. The van der Waals surface area contributed by atoms with Crippen molar-refractivity contribution in [2.45, 2.75) is 19.1 Å². The number of hydrogen-bond acceptors (Lipinski definition) is 4. The van der Waals surface area contributed by atoms with Gasteiger partial charge in [0.05, 0.1) is 18.5 Å². The quantitative estimate of drug-likeness (QED) is 0.708. The molecule has 0 saturated carbocycles. The standard InChI is InChI=1S/C9H20N2O3S/c1-9(2)15(12,13)10-3-4-11-5-7-14-8-6-11/h9-10H,3-8H2,1-2H3. The zero-order valence-electron chi connectivity index (χ0n) is 9.40. The monoisotopic (exact) mass is 236 g/mol. The molecule has 1 fully saturated rings. The highest BCUT2D eigenvalue weighted by Gasteiger charge is 2.16. The predicted molar refractivity (Wildman–Crippen MR) is 59.3 cm³/mol. The summed E-state index contributed by atoms with van der Waals surface area (Å²) in [5.41, 5.74) is 0. The molecule has 0 aromatic carbocycles. The van der Waals surface area contributed by atoms with Gasteiger partial charge in [0.15, 0.2) is 0 Å². The van der Waals surface area contributed by atoms with Crippen molar-refractivity contribution in [3.05, 3.63) is 0 Å². The molecule has 1 aliphatic heterocycles. The lowest BCUT2D eigenvalue weighted by molar-refractivity contribution is 0.0390. The van der Waals surface area contributed by atoms with E-state index >= 15 is 0 Å². The minimum Gasteiger partial charge on any atom is -0.379 e. The Morgan fingerprint density at radius 3 is 2.47 bits per heavy atom. The van der Waals surface area contributed by atoms with E-state index < -0.39 is 10.0 Å². The van der Waals surface area contributed by atoms with Crippen LogP contribution < -0.4 is 4.72 Å². The van der Waals surface area contributed by atoms with Crippen molar-refractivity contribution in [3.63, 3.8) is 0 Å². The molecule has 0 amide bonds. The molecule has 90 valence electrons. The van der Waals surface area contributed by atoms with E-state index in [1.807, 2.05) is 0 Å². The van der Waals surface area contributed by atoms with E-state index in [4.69, 9.17) is 4.74 Å². The van der Waals surface area contributed by atoms with E-state index in [0.29, 0.717) is 6.54 Å². The lowest BCUT2D eigenvalue weighted by Gasteiger charge is -2.26. The van der Waals surface area contributed by atoms with Gasteiger partial charge in [-0.25, -0.2) is 13.1 Å². The summed E-state index contributed by atoms with van der Waals surface area (Å²) < 4.78 is 30.6. The number of nitrogens with zero attached hydrogens (tertiary/aromatic N) is 1. The molecule has 0 radical (unpaired) electrons.